The summed E-state index contributed by atoms with van der Waals surface area (Å²) in [5, 5.41) is 5.82. The third-order valence-corrected chi connectivity index (χ3v) is 13.8. The molecule has 3 aromatic rings. The lowest BCUT2D eigenvalue weighted by molar-refractivity contribution is -0.142. The van der Waals surface area contributed by atoms with Gasteiger partial charge < -0.3 is 29.7 Å². The number of nitrogens with one attached hydrogen (secondary N) is 3. The van der Waals surface area contributed by atoms with Crippen LogP contribution in [0.15, 0.2) is 54.6 Å². The number of sulfonamides is 1. The summed E-state index contributed by atoms with van der Waals surface area (Å²) in [6, 6.07) is 14.8. The molecule has 1 aliphatic heterocycles. The number of hydrogen-bond donors (Lipinski definition) is 3. The van der Waals surface area contributed by atoms with Gasteiger partial charge in [-0.15, -0.1) is 0 Å². The summed E-state index contributed by atoms with van der Waals surface area (Å²) in [6.07, 6.45) is 2.60. The van der Waals surface area contributed by atoms with Gasteiger partial charge in [0, 0.05) is 34.9 Å². The Hall–Kier alpha value is -4.92. The first kappa shape index (κ1) is 40.3. The second kappa shape index (κ2) is 15.1. The van der Waals surface area contributed by atoms with Gasteiger partial charge >= 0.3 is 6.09 Å². The van der Waals surface area contributed by atoms with Gasteiger partial charge in [-0.25, -0.2) is 18.2 Å². The molecular formula is C42H53N5O9S. The van der Waals surface area contributed by atoms with E-state index < -0.39 is 73.8 Å². The van der Waals surface area contributed by atoms with Gasteiger partial charge in [0.1, 0.15) is 40.8 Å². The van der Waals surface area contributed by atoms with Crippen LogP contribution in [0.2, 0.25) is 0 Å². The lowest BCUT2D eigenvalue weighted by atomic mass is 9.77. The van der Waals surface area contributed by atoms with E-state index in [-0.39, 0.29) is 18.9 Å². The zero-order chi connectivity index (χ0) is 40.9. The molecule has 7 rings (SSSR count). The summed E-state index contributed by atoms with van der Waals surface area (Å²) < 4.78 is 45.8. The summed E-state index contributed by atoms with van der Waals surface area (Å²) in [5.74, 6) is -1.07. The zero-order valence-corrected chi connectivity index (χ0v) is 34.2. The maximum absolute atomic E-state index is 14.7. The standard InChI is InChI=1S/C42H53N5O9S/c1-7-25(2)35(44-39(51)56-40(3,4)5)37(49)47-23-28(55-34-22-31(26-12-9-8-10-13-26)43-32-20-27(54-6)14-17-30(32)34)21-33(47)36(48)45-42(24-41(42)18-11-19-41)38(50)46-57(52,53)29-15-16-29/h8-10,12-14,17,20,22,25,28-29,33,35H,7,11,15-16,18-19,21,23-24H2,1-6H3,(H,44,51)(H,45,48)(H,46,50)/t25?,28-,33+,35+,42?/m1/s1. The van der Waals surface area contributed by atoms with Crippen LogP contribution in [0.1, 0.15) is 86.0 Å². The fourth-order valence-electron chi connectivity index (χ4n) is 8.21. The van der Waals surface area contributed by atoms with Crippen molar-refractivity contribution in [2.45, 2.75) is 121 Å². The number of ether oxygens (including phenoxy) is 3. The Morgan fingerprint density at radius 1 is 1.04 bits per heavy atom. The van der Waals surface area contributed by atoms with E-state index in [1.807, 2.05) is 62.4 Å². The summed E-state index contributed by atoms with van der Waals surface area (Å²) in [5.41, 5.74) is -0.650. The molecule has 4 fully saturated rings. The monoisotopic (exact) mass is 803 g/mol. The van der Waals surface area contributed by atoms with E-state index in [0.717, 1.165) is 12.0 Å². The number of methoxy groups -OCH3 is 1. The van der Waals surface area contributed by atoms with Gasteiger partial charge in [-0.1, -0.05) is 57.0 Å². The number of aromatic nitrogens is 1. The number of nitrogens with zero attached hydrogens (tertiary/aromatic N) is 2. The van der Waals surface area contributed by atoms with Gasteiger partial charge in [-0.3, -0.25) is 19.1 Å². The van der Waals surface area contributed by atoms with E-state index in [2.05, 4.69) is 15.4 Å². The molecule has 14 nitrogen and oxygen atoms in total. The second-order valence-corrected chi connectivity index (χ2v) is 19.1. The first-order valence-corrected chi connectivity index (χ1v) is 21.4. The van der Waals surface area contributed by atoms with Crippen LogP contribution in [-0.4, -0.2) is 90.3 Å². The highest BCUT2D eigenvalue weighted by Crippen LogP contribution is 2.68. The molecule has 1 aromatic heterocycles. The molecule has 0 bridgehead atoms. The van der Waals surface area contributed by atoms with Gasteiger partial charge in [0.2, 0.25) is 21.8 Å². The number of carbonyl (C=O) groups excluding carboxylic acids is 4. The van der Waals surface area contributed by atoms with E-state index in [4.69, 9.17) is 19.2 Å². The highest BCUT2D eigenvalue weighted by atomic mass is 32.2. The normalized spacial score (nSPS) is 23.5. The molecule has 3 aliphatic carbocycles. The van der Waals surface area contributed by atoms with Crippen LogP contribution < -0.4 is 24.8 Å². The van der Waals surface area contributed by atoms with Crippen LogP contribution in [-0.2, 0) is 29.1 Å². The average Bonchev–Trinajstić information content (AvgIpc) is 4.08. The third kappa shape index (κ3) is 8.12. The number of alkyl carbamates (subject to hydrolysis) is 1. The number of fused-ring (bicyclic) bond motifs is 1. The molecule has 4 amide bonds. The van der Waals surface area contributed by atoms with Gasteiger partial charge in [0.05, 0.1) is 30.1 Å². The van der Waals surface area contributed by atoms with Crippen molar-refractivity contribution in [3.63, 3.8) is 0 Å². The fraction of sp³-hybridized carbons (Fsp3) is 0.548. The first-order valence-electron chi connectivity index (χ1n) is 19.9. The smallest absolute Gasteiger partial charge is 0.408 e. The van der Waals surface area contributed by atoms with Crippen molar-refractivity contribution in [1.29, 1.82) is 0 Å². The lowest BCUT2D eigenvalue weighted by Crippen LogP contribution is -2.60. The largest absolute Gasteiger partial charge is 0.497 e. The van der Waals surface area contributed by atoms with Gasteiger partial charge in [-0.05, 0) is 70.9 Å². The third-order valence-electron chi connectivity index (χ3n) is 12.0. The fourth-order valence-corrected chi connectivity index (χ4v) is 9.56. The minimum Gasteiger partial charge on any atom is -0.497 e. The van der Waals surface area contributed by atoms with Crippen LogP contribution in [0, 0.1) is 11.3 Å². The Balaban J connectivity index is 1.22. The quantitative estimate of drug-likeness (QED) is 0.207. The number of pyridine rings is 1. The molecule has 1 spiro atoms. The van der Waals surface area contributed by atoms with Crippen molar-refractivity contribution in [2.75, 3.05) is 13.7 Å². The topological polar surface area (TPSA) is 182 Å². The van der Waals surface area contributed by atoms with Crippen LogP contribution in [0.4, 0.5) is 4.79 Å². The van der Waals surface area contributed by atoms with Crippen LogP contribution in [0.25, 0.3) is 22.2 Å². The predicted molar refractivity (Wildman–Crippen MR) is 213 cm³/mol. The maximum atomic E-state index is 14.7. The zero-order valence-electron chi connectivity index (χ0n) is 33.4. The van der Waals surface area contributed by atoms with Gasteiger partial charge in [0.25, 0.3) is 5.91 Å². The highest BCUT2D eigenvalue weighted by Gasteiger charge is 2.75. The SMILES string of the molecule is CCC(C)[C@H](NC(=O)OC(C)(C)C)C(=O)N1C[C@H](Oc2cc(-c3ccccc3)nc3cc(OC)ccc23)C[C@H]1C(=O)NC1(C(=O)NS(=O)(=O)C2CC2)CC12CCC2. The summed E-state index contributed by atoms with van der Waals surface area (Å²) in [7, 11) is -2.30. The molecule has 3 saturated carbocycles. The Labute approximate surface area is 333 Å². The van der Waals surface area contributed by atoms with E-state index >= 15 is 0 Å². The molecule has 15 heteroatoms. The molecule has 2 unspecified atom stereocenters. The van der Waals surface area contributed by atoms with E-state index in [0.29, 0.717) is 66.6 Å². The highest BCUT2D eigenvalue weighted by molar-refractivity contribution is 7.91. The summed E-state index contributed by atoms with van der Waals surface area (Å²) in [6.45, 7) is 8.91. The molecule has 2 aromatic carbocycles. The Kier molecular flexibility index (Phi) is 10.7. The Bertz CT molecular complexity index is 2170. The minimum absolute atomic E-state index is 0.0130. The van der Waals surface area contributed by atoms with Crippen LogP contribution in [0.3, 0.4) is 0 Å². The number of rotatable bonds is 13. The lowest BCUT2D eigenvalue weighted by Gasteiger charge is -2.35. The predicted octanol–water partition coefficient (Wildman–Crippen LogP) is 5.24. The van der Waals surface area contributed by atoms with Crippen molar-refractivity contribution >= 4 is 44.7 Å². The summed E-state index contributed by atoms with van der Waals surface area (Å²) in [4.78, 5) is 62.6. The van der Waals surface area contributed by atoms with E-state index in [1.54, 1.807) is 33.9 Å². The summed E-state index contributed by atoms with van der Waals surface area (Å²) >= 11 is 0. The Morgan fingerprint density at radius 3 is 2.35 bits per heavy atom. The molecule has 57 heavy (non-hydrogen) atoms. The van der Waals surface area contributed by atoms with E-state index in [1.165, 1.54) is 4.90 Å². The molecule has 306 valence electrons. The van der Waals surface area contributed by atoms with E-state index in [9.17, 15) is 27.6 Å². The number of amides is 4. The van der Waals surface area contributed by atoms with Gasteiger partial charge in [0.15, 0.2) is 0 Å². The molecule has 2 heterocycles. The maximum Gasteiger partial charge on any atom is 0.408 e. The number of carbonyl (C=O) groups is 4. The van der Waals surface area contributed by atoms with Crippen LogP contribution >= 0.6 is 0 Å². The number of likely N-dealkylation sites (tertiary alicyclic amines) is 1. The molecule has 4 aliphatic rings. The second-order valence-electron chi connectivity index (χ2n) is 17.1. The molecule has 1 saturated heterocycles. The van der Waals surface area contributed by atoms with Crippen molar-refractivity contribution in [1.82, 2.24) is 25.2 Å². The average molecular weight is 804 g/mol. The number of benzene rings is 2. The van der Waals surface area contributed by atoms with Crippen molar-refractivity contribution < 1.29 is 41.8 Å². The first-order chi connectivity index (χ1) is 27.0. The van der Waals surface area contributed by atoms with Crippen LogP contribution in [0.5, 0.6) is 11.5 Å². The Morgan fingerprint density at radius 2 is 1.75 bits per heavy atom. The molecule has 0 radical (unpaired) electrons. The van der Waals surface area contributed by atoms with Crippen molar-refractivity contribution in [3.05, 3.63) is 54.6 Å². The molecule has 5 atom stereocenters. The van der Waals surface area contributed by atoms with Crippen molar-refractivity contribution in [3.8, 4) is 22.8 Å². The number of hydrogen-bond acceptors (Lipinski definition) is 10. The molecule has 3 N–H and O–H groups in total. The molecular weight excluding hydrogens is 751 g/mol. The van der Waals surface area contributed by atoms with Crippen molar-refractivity contribution in [2.24, 2.45) is 11.3 Å². The minimum atomic E-state index is -3.88. The van der Waals surface area contributed by atoms with Gasteiger partial charge in [-0.2, -0.15) is 0 Å².